The van der Waals surface area contributed by atoms with Gasteiger partial charge in [0, 0.05) is 0 Å². The van der Waals surface area contributed by atoms with E-state index in [9.17, 15) is 9.59 Å². The van der Waals surface area contributed by atoms with Crippen molar-refractivity contribution < 1.29 is 19.1 Å². The molecule has 2 fully saturated rings. The average molecular weight is 170 g/mol. The minimum atomic E-state index is -0.320. The predicted octanol–water partition coefficient (Wildman–Crippen LogP) is -0.301. The summed E-state index contributed by atoms with van der Waals surface area (Å²) in [4.78, 5) is 21.5. The zero-order valence-corrected chi connectivity index (χ0v) is 6.94. The fraction of sp³-hybridized carbons (Fsp3) is 0.750. The van der Waals surface area contributed by atoms with Crippen LogP contribution in [0.2, 0.25) is 0 Å². The van der Waals surface area contributed by atoms with Gasteiger partial charge in [0.1, 0.15) is 24.4 Å². The third kappa shape index (κ3) is 1.17. The number of ketones is 2. The van der Waals surface area contributed by atoms with Crippen LogP contribution < -0.4 is 0 Å². The molecule has 0 spiro atoms. The second-order valence-corrected chi connectivity index (χ2v) is 3.26. The monoisotopic (exact) mass is 170 g/mol. The van der Waals surface area contributed by atoms with Crippen LogP contribution in [0, 0.1) is 0 Å². The Morgan fingerprint density at radius 1 is 0.917 bits per heavy atom. The lowest BCUT2D eigenvalue weighted by molar-refractivity contribution is -0.119. The fourth-order valence-electron chi connectivity index (χ4n) is 1.40. The summed E-state index contributed by atoms with van der Waals surface area (Å²) in [6.45, 7) is 2.96. The Morgan fingerprint density at radius 3 is 1.42 bits per heavy atom. The van der Waals surface area contributed by atoms with E-state index in [1.165, 1.54) is 13.8 Å². The quantitative estimate of drug-likeness (QED) is 0.545. The summed E-state index contributed by atoms with van der Waals surface area (Å²) >= 11 is 0. The van der Waals surface area contributed by atoms with Gasteiger partial charge in [-0.15, -0.1) is 0 Å². The van der Waals surface area contributed by atoms with Gasteiger partial charge >= 0.3 is 0 Å². The largest absolute Gasteiger partial charge is 0.358 e. The predicted molar refractivity (Wildman–Crippen MR) is 38.7 cm³/mol. The number of Topliss-reactive ketones (excluding diaryl/α,β-unsaturated/α-hetero) is 2. The van der Waals surface area contributed by atoms with Gasteiger partial charge in [-0.05, 0) is 13.8 Å². The van der Waals surface area contributed by atoms with Crippen LogP contribution in [0.25, 0.3) is 0 Å². The van der Waals surface area contributed by atoms with Crippen molar-refractivity contribution in [3.63, 3.8) is 0 Å². The van der Waals surface area contributed by atoms with Crippen molar-refractivity contribution in [3.05, 3.63) is 0 Å². The maximum absolute atomic E-state index is 10.8. The molecule has 0 aromatic carbocycles. The Morgan fingerprint density at radius 2 is 1.25 bits per heavy atom. The molecule has 2 aliphatic heterocycles. The summed E-state index contributed by atoms with van der Waals surface area (Å²) in [5.41, 5.74) is 0. The number of epoxide rings is 2. The Hall–Kier alpha value is -0.740. The molecular formula is C8H10O4. The van der Waals surface area contributed by atoms with E-state index in [1.807, 2.05) is 0 Å². The van der Waals surface area contributed by atoms with E-state index < -0.39 is 0 Å². The molecule has 2 saturated heterocycles. The molecule has 2 rings (SSSR count). The summed E-state index contributed by atoms with van der Waals surface area (Å²) in [7, 11) is 0. The van der Waals surface area contributed by atoms with E-state index >= 15 is 0 Å². The average Bonchev–Trinajstić information content (AvgIpc) is 2.82. The van der Waals surface area contributed by atoms with Crippen molar-refractivity contribution in [2.24, 2.45) is 0 Å². The van der Waals surface area contributed by atoms with Crippen molar-refractivity contribution in [1.82, 2.24) is 0 Å². The highest BCUT2D eigenvalue weighted by Gasteiger charge is 2.60. The third-order valence-electron chi connectivity index (χ3n) is 2.18. The lowest BCUT2D eigenvalue weighted by Gasteiger charge is -1.82. The zero-order valence-electron chi connectivity index (χ0n) is 6.94. The maximum atomic E-state index is 10.8. The first-order valence-corrected chi connectivity index (χ1v) is 3.93. The Kier molecular flexibility index (Phi) is 1.56. The van der Waals surface area contributed by atoms with Gasteiger partial charge in [0.25, 0.3) is 0 Å². The van der Waals surface area contributed by atoms with Gasteiger partial charge in [0.05, 0.1) is 0 Å². The van der Waals surface area contributed by atoms with E-state index in [0.717, 1.165) is 0 Å². The molecule has 0 bridgehead atoms. The van der Waals surface area contributed by atoms with Crippen LogP contribution in [0.1, 0.15) is 13.8 Å². The number of rotatable bonds is 3. The van der Waals surface area contributed by atoms with Gasteiger partial charge in [-0.25, -0.2) is 0 Å². The lowest BCUT2D eigenvalue weighted by Crippen LogP contribution is -2.14. The van der Waals surface area contributed by atoms with Crippen LogP contribution in [0.4, 0.5) is 0 Å². The first kappa shape index (κ1) is 7.89. The highest BCUT2D eigenvalue weighted by Crippen LogP contribution is 2.39. The second kappa shape index (κ2) is 2.37. The molecule has 4 heteroatoms. The molecule has 4 nitrogen and oxygen atoms in total. The van der Waals surface area contributed by atoms with Crippen molar-refractivity contribution >= 4 is 11.6 Å². The van der Waals surface area contributed by atoms with Crippen LogP contribution in [0.3, 0.4) is 0 Å². The molecule has 0 aromatic heterocycles. The highest BCUT2D eigenvalue weighted by atomic mass is 16.7. The van der Waals surface area contributed by atoms with Crippen LogP contribution in [-0.4, -0.2) is 36.0 Å². The van der Waals surface area contributed by atoms with E-state index in [1.54, 1.807) is 0 Å². The molecule has 0 amide bonds. The van der Waals surface area contributed by atoms with E-state index in [0.29, 0.717) is 0 Å². The molecule has 0 aromatic rings. The number of ether oxygens (including phenoxy) is 2. The molecule has 2 heterocycles. The van der Waals surface area contributed by atoms with Gasteiger partial charge in [-0.2, -0.15) is 0 Å². The van der Waals surface area contributed by atoms with E-state index in [4.69, 9.17) is 9.47 Å². The van der Waals surface area contributed by atoms with Gasteiger partial charge in [-0.3, -0.25) is 9.59 Å². The third-order valence-corrected chi connectivity index (χ3v) is 2.18. The molecule has 12 heavy (non-hydrogen) atoms. The summed E-state index contributed by atoms with van der Waals surface area (Å²) in [5.74, 6) is 0.0237. The smallest absolute Gasteiger partial charge is 0.161 e. The molecule has 2 aliphatic rings. The standard InChI is InChI=1S/C8H10O4/c1-3(9)5-7(11-5)8-6(12-8)4(2)10/h5-8H,1-2H3/t5-,6+,7-,8+. The van der Waals surface area contributed by atoms with Gasteiger partial charge < -0.3 is 9.47 Å². The Balaban J connectivity index is 1.85. The number of carbonyl (C=O) groups is 2. The van der Waals surface area contributed by atoms with Crippen LogP contribution >= 0.6 is 0 Å². The first-order valence-electron chi connectivity index (χ1n) is 3.93. The molecule has 0 radical (unpaired) electrons. The summed E-state index contributed by atoms with van der Waals surface area (Å²) in [6.07, 6.45) is -0.952. The van der Waals surface area contributed by atoms with E-state index in [-0.39, 0.29) is 36.0 Å². The summed E-state index contributed by atoms with van der Waals surface area (Å²) < 4.78 is 10.1. The zero-order chi connectivity index (χ0) is 8.88. The van der Waals surface area contributed by atoms with Gasteiger partial charge in [0.15, 0.2) is 11.6 Å². The summed E-state index contributed by atoms with van der Waals surface area (Å²) in [6, 6.07) is 0. The number of hydrogen-bond acceptors (Lipinski definition) is 4. The highest BCUT2D eigenvalue weighted by molar-refractivity contribution is 5.86. The van der Waals surface area contributed by atoms with Crippen molar-refractivity contribution in [3.8, 4) is 0 Å². The Labute approximate surface area is 69.8 Å². The molecule has 0 aliphatic carbocycles. The normalized spacial score (nSPS) is 43.8. The second-order valence-electron chi connectivity index (χ2n) is 3.26. The molecule has 4 atom stereocenters. The molecule has 0 N–H and O–H groups in total. The van der Waals surface area contributed by atoms with Gasteiger partial charge in [-0.1, -0.05) is 0 Å². The molecule has 0 unspecified atom stereocenters. The molecular weight excluding hydrogens is 160 g/mol. The van der Waals surface area contributed by atoms with Crippen LogP contribution in [0.15, 0.2) is 0 Å². The van der Waals surface area contributed by atoms with Gasteiger partial charge in [0.2, 0.25) is 0 Å². The topological polar surface area (TPSA) is 59.2 Å². The van der Waals surface area contributed by atoms with Crippen LogP contribution in [0.5, 0.6) is 0 Å². The minimum Gasteiger partial charge on any atom is -0.358 e. The number of hydrogen-bond donors (Lipinski definition) is 0. The van der Waals surface area contributed by atoms with Crippen molar-refractivity contribution in [2.75, 3.05) is 0 Å². The SMILES string of the molecule is CC(=O)[C@H]1O[C@H]1[C@H]1O[C@H]1C(C)=O. The van der Waals surface area contributed by atoms with Crippen molar-refractivity contribution in [2.45, 2.75) is 38.3 Å². The molecule has 0 saturated carbocycles. The minimum absolute atomic E-state index is 0.0119. The number of carbonyl (C=O) groups excluding carboxylic acids is 2. The molecule has 66 valence electrons. The van der Waals surface area contributed by atoms with E-state index in [2.05, 4.69) is 0 Å². The lowest BCUT2D eigenvalue weighted by atomic mass is 10.1. The maximum Gasteiger partial charge on any atom is 0.161 e. The Bertz CT molecular complexity index is 221. The summed E-state index contributed by atoms with van der Waals surface area (Å²) in [5, 5.41) is 0. The first-order chi connectivity index (χ1) is 5.61. The van der Waals surface area contributed by atoms with Crippen molar-refractivity contribution in [1.29, 1.82) is 0 Å². The van der Waals surface area contributed by atoms with Crippen LogP contribution in [-0.2, 0) is 19.1 Å². The fourth-order valence-corrected chi connectivity index (χ4v) is 1.40.